The first kappa shape index (κ1) is 41.1. The van der Waals surface area contributed by atoms with Gasteiger partial charge in [0.05, 0.1) is 40.0 Å². The number of hydrogen-bond donors (Lipinski definition) is 0. The fourth-order valence-corrected chi connectivity index (χ4v) is 10.8. The number of piperazine rings is 1. The smallest absolute Gasteiger partial charge is 0.266 e. The number of rotatable bonds is 6. The Hall–Kier alpha value is -6.90. The van der Waals surface area contributed by atoms with Crippen LogP contribution in [0.4, 0.5) is 17.1 Å². The highest BCUT2D eigenvalue weighted by Gasteiger charge is 2.47. The second-order valence-electron chi connectivity index (χ2n) is 18.8. The molecular formula is C50H47N6O8. The number of amides is 2. The zero-order valence-corrected chi connectivity index (χ0v) is 36.8. The summed E-state index contributed by atoms with van der Waals surface area (Å²) < 4.78 is 7.52. The summed E-state index contributed by atoms with van der Waals surface area (Å²) in [6.07, 6.45) is 0.544. The Labute approximate surface area is 367 Å². The highest BCUT2D eigenvalue weighted by Crippen LogP contribution is 2.43. The SMILES string of the molecule is COc1ccc(N2CCN(c3ccc4c5c(cccc35)C(=O)N(c3cc(C)c(-n5c(=O)c6cc7c(=O)n(C8CC(C)(C)N([O])C(C)(C)C8)c(=O)c7cc6c5=O)cc3C)C4=O)CC2)cc1. The van der Waals surface area contributed by atoms with Crippen LogP contribution in [0, 0.1) is 13.8 Å². The number of piperidine rings is 1. The highest BCUT2D eigenvalue weighted by molar-refractivity contribution is 6.36. The van der Waals surface area contributed by atoms with Crippen LogP contribution in [0.5, 0.6) is 5.75 Å². The van der Waals surface area contributed by atoms with Crippen molar-refractivity contribution in [3.8, 4) is 11.4 Å². The number of benzene rings is 5. The van der Waals surface area contributed by atoms with Gasteiger partial charge in [-0.1, -0.05) is 12.1 Å². The fraction of sp³-hybridized carbons (Fsp3) is 0.320. The normalized spacial score (nSPS) is 18.0. The molecule has 1 radical (unpaired) electrons. The van der Waals surface area contributed by atoms with Gasteiger partial charge in [0.1, 0.15) is 5.75 Å². The predicted octanol–water partition coefficient (Wildman–Crippen LogP) is 6.35. The summed E-state index contributed by atoms with van der Waals surface area (Å²) in [4.78, 5) is 90.8. The van der Waals surface area contributed by atoms with E-state index < -0.39 is 51.2 Å². The van der Waals surface area contributed by atoms with E-state index in [1.807, 2.05) is 30.3 Å². The van der Waals surface area contributed by atoms with Gasteiger partial charge in [0.2, 0.25) is 0 Å². The molecule has 5 aromatic carbocycles. The van der Waals surface area contributed by atoms with Crippen LogP contribution in [0.1, 0.15) is 78.4 Å². The van der Waals surface area contributed by atoms with E-state index >= 15 is 0 Å². The van der Waals surface area contributed by atoms with E-state index in [2.05, 4.69) is 21.9 Å². The molecule has 2 saturated heterocycles. The van der Waals surface area contributed by atoms with Crippen molar-refractivity contribution in [3.63, 3.8) is 0 Å². The van der Waals surface area contributed by atoms with E-state index in [4.69, 9.17) is 4.74 Å². The average Bonchev–Trinajstić information content (AvgIpc) is 3.67. The Kier molecular flexibility index (Phi) is 9.20. The number of aryl methyl sites for hydroxylation is 2. The molecule has 2 fully saturated rings. The van der Waals surface area contributed by atoms with Gasteiger partial charge >= 0.3 is 0 Å². The molecule has 0 N–H and O–H groups in total. The quantitative estimate of drug-likeness (QED) is 0.173. The van der Waals surface area contributed by atoms with E-state index in [1.165, 1.54) is 16.7 Å². The van der Waals surface area contributed by atoms with Gasteiger partial charge in [-0.25, -0.2) is 9.47 Å². The second-order valence-corrected chi connectivity index (χ2v) is 18.8. The van der Waals surface area contributed by atoms with E-state index in [9.17, 15) is 34.0 Å². The number of carbonyl (C=O) groups excluding carboxylic acids is 2. The summed E-state index contributed by atoms with van der Waals surface area (Å²) in [5, 5.41) is 15.5. The minimum absolute atomic E-state index is 0.00695. The van der Waals surface area contributed by atoms with Crippen molar-refractivity contribution in [1.82, 2.24) is 14.2 Å². The zero-order valence-electron chi connectivity index (χ0n) is 36.8. The van der Waals surface area contributed by atoms with Gasteiger partial charge in [0, 0.05) is 76.6 Å². The maximum absolute atomic E-state index is 14.4. The minimum Gasteiger partial charge on any atom is -0.497 e. The standard InChI is InChI=1S/C50H47N6O8/c1-27-22-41(55-47(61)37-23-35-36(24-38(37)48(55)62)46(60)53(45(35)59)30-25-49(3,4)56(63)50(5,6)26-30)28(2)21-40(27)54-43(57)33-10-8-9-32-39(16-15-34(42(32)33)44(54)58)52-19-17-51(18-20-52)29-11-13-31(64-7)14-12-29/h8-16,21-24,30H,17-20,25-26H2,1-7H3. The molecule has 14 nitrogen and oxygen atoms in total. The third kappa shape index (κ3) is 5.99. The molecule has 0 atom stereocenters. The van der Waals surface area contributed by atoms with Crippen molar-refractivity contribution in [2.45, 2.75) is 71.5 Å². The van der Waals surface area contributed by atoms with Crippen LogP contribution in [-0.2, 0) is 5.21 Å². The number of methoxy groups -OCH3 is 1. The molecule has 10 rings (SSSR count). The number of anilines is 3. The molecule has 3 aliphatic rings. The average molecular weight is 860 g/mol. The van der Waals surface area contributed by atoms with E-state index in [0.717, 1.165) is 63.2 Å². The molecule has 5 heterocycles. The van der Waals surface area contributed by atoms with Crippen molar-refractivity contribution < 1.29 is 19.5 Å². The zero-order chi connectivity index (χ0) is 45.3. The van der Waals surface area contributed by atoms with Crippen molar-refractivity contribution in [1.29, 1.82) is 0 Å². The molecule has 0 aliphatic carbocycles. The Bertz CT molecular complexity index is 3250. The predicted molar refractivity (Wildman–Crippen MR) is 247 cm³/mol. The van der Waals surface area contributed by atoms with Gasteiger partial charge in [-0.15, -0.1) is 10.3 Å². The van der Waals surface area contributed by atoms with Gasteiger partial charge in [0.15, 0.2) is 0 Å². The number of hydroxylamine groups is 2. The number of imide groups is 1. The van der Waals surface area contributed by atoms with Crippen LogP contribution in [0.2, 0.25) is 0 Å². The summed E-state index contributed by atoms with van der Waals surface area (Å²) in [5.41, 5.74) is 0.201. The first-order chi connectivity index (χ1) is 30.4. The topological polar surface area (TPSA) is 154 Å². The number of carbonyl (C=O) groups is 2. The summed E-state index contributed by atoms with van der Waals surface area (Å²) >= 11 is 0. The van der Waals surface area contributed by atoms with E-state index in [-0.39, 0.29) is 40.1 Å². The van der Waals surface area contributed by atoms with Gasteiger partial charge < -0.3 is 14.5 Å². The number of fused-ring (bicyclic) bond motifs is 2. The van der Waals surface area contributed by atoms with Gasteiger partial charge in [-0.3, -0.25) is 33.3 Å². The molecule has 0 spiro atoms. The first-order valence-electron chi connectivity index (χ1n) is 21.5. The Morgan fingerprint density at radius 1 is 0.562 bits per heavy atom. The van der Waals surface area contributed by atoms with Crippen LogP contribution in [0.15, 0.2) is 98.0 Å². The third-order valence-electron chi connectivity index (χ3n) is 13.8. The summed E-state index contributed by atoms with van der Waals surface area (Å²) in [5.74, 6) is -0.160. The van der Waals surface area contributed by atoms with E-state index in [0.29, 0.717) is 33.3 Å². The molecule has 2 amide bonds. The molecule has 325 valence electrons. The number of hydrogen-bond acceptors (Lipinski definition) is 10. The van der Waals surface area contributed by atoms with Crippen molar-refractivity contribution in [3.05, 3.63) is 143 Å². The van der Waals surface area contributed by atoms with Crippen LogP contribution < -0.4 is 41.7 Å². The summed E-state index contributed by atoms with van der Waals surface area (Å²) in [6, 6.07) is 22.6. The molecule has 7 aromatic rings. The summed E-state index contributed by atoms with van der Waals surface area (Å²) in [7, 11) is 1.65. The molecular weight excluding hydrogens is 813 g/mol. The second kappa shape index (κ2) is 14.3. The van der Waals surface area contributed by atoms with Crippen LogP contribution in [0.25, 0.3) is 38.0 Å². The molecule has 14 heteroatoms. The lowest BCUT2D eigenvalue weighted by Crippen LogP contribution is -2.59. The highest BCUT2D eigenvalue weighted by atomic mass is 16.5. The Balaban J connectivity index is 0.968. The lowest BCUT2D eigenvalue weighted by Gasteiger charge is -2.49. The lowest BCUT2D eigenvalue weighted by molar-refractivity contribution is -0.292. The van der Waals surface area contributed by atoms with Crippen molar-refractivity contribution >= 4 is 61.2 Å². The van der Waals surface area contributed by atoms with Crippen molar-refractivity contribution in [2.24, 2.45) is 0 Å². The maximum atomic E-state index is 14.4. The van der Waals surface area contributed by atoms with Crippen LogP contribution in [0.3, 0.4) is 0 Å². The molecule has 0 unspecified atom stereocenters. The molecule has 64 heavy (non-hydrogen) atoms. The maximum Gasteiger partial charge on any atom is 0.266 e. The Morgan fingerprint density at radius 3 is 1.66 bits per heavy atom. The molecule has 3 aliphatic heterocycles. The van der Waals surface area contributed by atoms with Gasteiger partial charge in [-0.05, 0) is 132 Å². The van der Waals surface area contributed by atoms with Crippen LogP contribution >= 0.6 is 0 Å². The van der Waals surface area contributed by atoms with Crippen LogP contribution in [-0.4, -0.2) is 70.4 Å². The van der Waals surface area contributed by atoms with Crippen molar-refractivity contribution in [2.75, 3.05) is 48.0 Å². The molecule has 0 bridgehead atoms. The molecule has 2 aromatic heterocycles. The van der Waals surface area contributed by atoms with Gasteiger partial charge in [-0.2, -0.15) is 0 Å². The largest absolute Gasteiger partial charge is 0.497 e. The minimum atomic E-state index is -0.838. The fourth-order valence-electron chi connectivity index (χ4n) is 10.8. The number of nitrogens with zero attached hydrogens (tertiary/aromatic N) is 6. The lowest BCUT2D eigenvalue weighted by atomic mass is 9.79. The molecule has 0 saturated carbocycles. The summed E-state index contributed by atoms with van der Waals surface area (Å²) in [6.45, 7) is 13.6. The number of aromatic nitrogens is 2. The Morgan fingerprint density at radius 2 is 1.08 bits per heavy atom. The third-order valence-corrected chi connectivity index (χ3v) is 13.8. The number of ether oxygens (including phenoxy) is 1. The monoisotopic (exact) mass is 859 g/mol. The van der Waals surface area contributed by atoms with E-state index in [1.54, 1.807) is 72.9 Å². The van der Waals surface area contributed by atoms with Gasteiger partial charge in [0.25, 0.3) is 34.1 Å². The first-order valence-corrected chi connectivity index (χ1v) is 21.5.